The van der Waals surface area contributed by atoms with Crippen molar-refractivity contribution in [3.63, 3.8) is 0 Å². The Balaban J connectivity index is 1.94. The van der Waals surface area contributed by atoms with E-state index in [4.69, 9.17) is 30.8 Å². The van der Waals surface area contributed by atoms with Gasteiger partial charge in [-0.25, -0.2) is 9.78 Å². The van der Waals surface area contributed by atoms with E-state index in [1.807, 2.05) is 32.0 Å². The van der Waals surface area contributed by atoms with Gasteiger partial charge in [-0.2, -0.15) is 9.78 Å². The van der Waals surface area contributed by atoms with Crippen LogP contribution in [-0.4, -0.2) is 46.3 Å². The van der Waals surface area contributed by atoms with Crippen LogP contribution in [0, 0.1) is 6.92 Å². The van der Waals surface area contributed by atoms with Crippen LogP contribution in [0.2, 0.25) is 5.02 Å². The predicted octanol–water partition coefficient (Wildman–Crippen LogP) is 7.44. The molecule has 0 radical (unpaired) electrons. The van der Waals surface area contributed by atoms with Crippen molar-refractivity contribution >= 4 is 50.6 Å². The van der Waals surface area contributed by atoms with Gasteiger partial charge < -0.3 is 19.3 Å². The molecule has 9 nitrogen and oxygen atoms in total. The highest BCUT2D eigenvalue weighted by Crippen LogP contribution is 2.43. The molecule has 226 valence electrons. The number of nitrogens with zero attached hydrogens (tertiary/aromatic N) is 3. The second-order valence-electron chi connectivity index (χ2n) is 10.1. The lowest BCUT2D eigenvalue weighted by Crippen LogP contribution is -2.23. The molecule has 4 rings (SSSR count). The number of aliphatic carboxylic acids is 1. The van der Waals surface area contributed by atoms with Gasteiger partial charge in [-0.1, -0.05) is 37.6 Å². The van der Waals surface area contributed by atoms with Crippen LogP contribution in [-0.2, 0) is 4.79 Å². The van der Waals surface area contributed by atoms with Gasteiger partial charge >= 0.3 is 5.97 Å². The van der Waals surface area contributed by atoms with Crippen LogP contribution in [0.15, 0.2) is 56.8 Å². The summed E-state index contributed by atoms with van der Waals surface area (Å²) < 4.78 is 18.9. The molecule has 0 bridgehead atoms. The molecule has 4 aromatic rings. The van der Waals surface area contributed by atoms with Crippen LogP contribution in [0.1, 0.15) is 57.2 Å². The number of para-hydroxylation sites is 1. The molecule has 1 heterocycles. The van der Waals surface area contributed by atoms with E-state index in [1.165, 1.54) is 17.8 Å². The van der Waals surface area contributed by atoms with E-state index in [-0.39, 0.29) is 34.6 Å². The largest absolute Gasteiger partial charge is 0.494 e. The van der Waals surface area contributed by atoms with E-state index in [0.717, 1.165) is 22.4 Å². The van der Waals surface area contributed by atoms with Gasteiger partial charge in [0.25, 0.3) is 5.56 Å². The maximum absolute atomic E-state index is 13.9. The summed E-state index contributed by atoms with van der Waals surface area (Å²) in [7, 11) is 0. The fourth-order valence-electron chi connectivity index (χ4n) is 4.49. The highest BCUT2D eigenvalue weighted by molar-refractivity contribution is 9.10. The Bertz CT molecular complexity index is 1770. The molecule has 0 aliphatic heterocycles. The molecule has 0 amide bonds. The lowest BCUT2D eigenvalue weighted by molar-refractivity contribution is -0.144. The van der Waals surface area contributed by atoms with Gasteiger partial charge in [0.2, 0.25) is 0 Å². The lowest BCUT2D eigenvalue weighted by atomic mass is 9.96. The number of hydrogen-bond acceptors (Lipinski definition) is 7. The van der Waals surface area contributed by atoms with Crippen LogP contribution in [0.25, 0.3) is 22.3 Å². The highest BCUT2D eigenvalue weighted by atomic mass is 79.9. The maximum Gasteiger partial charge on any atom is 0.344 e. The van der Waals surface area contributed by atoms with Crippen molar-refractivity contribution in [2.45, 2.75) is 53.6 Å². The molecule has 3 aromatic carbocycles. The van der Waals surface area contributed by atoms with Crippen LogP contribution < -0.4 is 19.8 Å². The summed E-state index contributed by atoms with van der Waals surface area (Å²) in [6.45, 7) is 12.0. The number of fused-ring (bicyclic) bond motifs is 1. The molecule has 0 aliphatic carbocycles. The smallest absolute Gasteiger partial charge is 0.344 e. The summed E-state index contributed by atoms with van der Waals surface area (Å²) in [4.78, 5) is 30.1. The molecular formula is C32H33BrClN3O6. The monoisotopic (exact) mass is 669 g/mol. The quantitative estimate of drug-likeness (QED) is 0.165. The number of carboxylic acids is 1. The van der Waals surface area contributed by atoms with E-state index in [9.17, 15) is 14.7 Å². The number of aryl methyl sites for hydroxylation is 1. The Labute approximate surface area is 263 Å². The summed E-state index contributed by atoms with van der Waals surface area (Å²) in [6, 6.07) is 12.7. The normalized spacial score (nSPS) is 12.2. The number of carboxylic acid groups (broad SMARTS) is 1. The molecule has 0 saturated heterocycles. The van der Waals surface area contributed by atoms with Crippen molar-refractivity contribution in [1.29, 1.82) is 0 Å². The molecule has 43 heavy (non-hydrogen) atoms. The first-order chi connectivity index (χ1) is 20.5. The second kappa shape index (κ2) is 13.6. The van der Waals surface area contributed by atoms with Gasteiger partial charge in [-0.3, -0.25) is 4.79 Å². The Morgan fingerprint density at radius 1 is 1.12 bits per heavy atom. The van der Waals surface area contributed by atoms with Gasteiger partial charge in [0, 0.05) is 15.6 Å². The number of benzene rings is 3. The van der Waals surface area contributed by atoms with E-state index in [1.54, 1.807) is 31.2 Å². The molecule has 1 atom stereocenters. The zero-order chi connectivity index (χ0) is 31.4. The average Bonchev–Trinajstić information content (AvgIpc) is 2.97. The maximum atomic E-state index is 13.9. The van der Waals surface area contributed by atoms with Crippen LogP contribution in [0.4, 0.5) is 0 Å². The number of carbonyl (C=O) groups is 1. The van der Waals surface area contributed by atoms with Crippen molar-refractivity contribution in [1.82, 2.24) is 9.66 Å². The summed E-state index contributed by atoms with van der Waals surface area (Å²) in [5, 5.41) is 14.5. The average molecular weight is 671 g/mol. The van der Waals surface area contributed by atoms with E-state index in [0.29, 0.717) is 33.4 Å². The van der Waals surface area contributed by atoms with Crippen molar-refractivity contribution in [3.05, 3.63) is 79.0 Å². The van der Waals surface area contributed by atoms with Gasteiger partial charge in [0.1, 0.15) is 10.8 Å². The molecular weight excluding hydrogens is 638 g/mol. The first-order valence-electron chi connectivity index (χ1n) is 13.9. The standard InChI is InChI=1S/C32H33BrClN3O6/c1-7-41-25-13-18(5)23(15-22(25)17(3)4)30-36-24-12-10-9-11-21(24)31(38)37(30)35-16-20-14-26(42-8-2)29(28(34)27(20)33)43-19(6)32(39)40/h9-17,19H,7-8H2,1-6H3,(H,39,40)/t19-/m1/s1. The molecule has 1 aromatic heterocycles. The van der Waals surface area contributed by atoms with Crippen LogP contribution in [0.5, 0.6) is 17.2 Å². The summed E-state index contributed by atoms with van der Waals surface area (Å²) in [5.74, 6) is 0.478. The van der Waals surface area contributed by atoms with Crippen molar-refractivity contribution in [3.8, 4) is 28.6 Å². The number of halogens is 2. The summed E-state index contributed by atoms with van der Waals surface area (Å²) >= 11 is 10.1. The first-order valence-corrected chi connectivity index (χ1v) is 15.0. The van der Waals surface area contributed by atoms with Gasteiger partial charge in [-0.15, -0.1) is 0 Å². The molecule has 1 N–H and O–H groups in total. The number of rotatable bonds is 11. The Kier molecular flexibility index (Phi) is 10.1. The van der Waals surface area contributed by atoms with Gasteiger partial charge in [0.15, 0.2) is 23.4 Å². The molecule has 0 unspecified atom stereocenters. The zero-order valence-electron chi connectivity index (χ0n) is 24.8. The van der Waals surface area contributed by atoms with Gasteiger partial charge in [0.05, 0.1) is 30.3 Å². The van der Waals surface area contributed by atoms with Crippen LogP contribution in [0.3, 0.4) is 0 Å². The minimum atomic E-state index is -1.17. The Morgan fingerprint density at radius 2 is 1.79 bits per heavy atom. The highest BCUT2D eigenvalue weighted by Gasteiger charge is 2.23. The Morgan fingerprint density at radius 3 is 2.44 bits per heavy atom. The summed E-state index contributed by atoms with van der Waals surface area (Å²) in [6.07, 6.45) is 0.304. The lowest BCUT2D eigenvalue weighted by Gasteiger charge is -2.19. The van der Waals surface area contributed by atoms with Crippen molar-refractivity contribution in [2.24, 2.45) is 5.10 Å². The fraction of sp³-hybridized carbons (Fsp3) is 0.312. The Hall–Kier alpha value is -3.89. The number of hydrogen-bond donors (Lipinski definition) is 1. The SMILES string of the molecule is CCOc1cc(C)c(-c2nc3ccccc3c(=O)n2N=Cc2cc(OCC)c(O[C@H](C)C(=O)O)c(Cl)c2Br)cc1C(C)C. The minimum absolute atomic E-state index is 0.0823. The number of ether oxygens (including phenoxy) is 3. The molecule has 0 saturated carbocycles. The van der Waals surface area contributed by atoms with E-state index in [2.05, 4.69) is 34.9 Å². The van der Waals surface area contributed by atoms with Crippen molar-refractivity contribution < 1.29 is 24.1 Å². The minimum Gasteiger partial charge on any atom is -0.494 e. The molecule has 0 fully saturated rings. The topological polar surface area (TPSA) is 112 Å². The predicted molar refractivity (Wildman–Crippen MR) is 172 cm³/mol. The third kappa shape index (κ3) is 6.70. The number of aromatic nitrogens is 2. The van der Waals surface area contributed by atoms with E-state index >= 15 is 0 Å². The molecule has 0 aliphatic rings. The van der Waals surface area contributed by atoms with Crippen molar-refractivity contribution in [2.75, 3.05) is 13.2 Å². The van der Waals surface area contributed by atoms with Crippen LogP contribution >= 0.6 is 27.5 Å². The van der Waals surface area contributed by atoms with Gasteiger partial charge in [-0.05, 0) is 91.0 Å². The zero-order valence-corrected chi connectivity index (χ0v) is 27.1. The molecule has 11 heteroatoms. The third-order valence-corrected chi connectivity index (χ3v) is 8.13. The molecule has 0 spiro atoms. The van der Waals surface area contributed by atoms with E-state index < -0.39 is 12.1 Å². The fourth-order valence-corrected chi connectivity index (χ4v) is 5.14. The summed E-state index contributed by atoms with van der Waals surface area (Å²) in [5.41, 5.74) is 3.27. The first kappa shape index (κ1) is 32.0. The second-order valence-corrected chi connectivity index (χ2v) is 11.2. The third-order valence-electron chi connectivity index (χ3n) is 6.68.